The van der Waals surface area contributed by atoms with Crippen molar-refractivity contribution in [2.75, 3.05) is 11.9 Å². The molecular weight excluding hydrogens is 290 g/mol. The number of nitrogens with one attached hydrogen (secondary N) is 1. The van der Waals surface area contributed by atoms with E-state index < -0.39 is 10.0 Å². The summed E-state index contributed by atoms with van der Waals surface area (Å²) in [5.74, 6) is 0. The molecule has 1 aromatic carbocycles. The summed E-state index contributed by atoms with van der Waals surface area (Å²) in [5.41, 5.74) is 1.05. The molecule has 1 rings (SSSR count). The fourth-order valence-corrected chi connectivity index (χ4v) is 2.70. The monoisotopic (exact) mass is 305 g/mol. The van der Waals surface area contributed by atoms with Crippen molar-refractivity contribution in [1.29, 1.82) is 0 Å². The van der Waals surface area contributed by atoms with Gasteiger partial charge in [0, 0.05) is 11.9 Å². The molecule has 0 amide bonds. The van der Waals surface area contributed by atoms with Crippen LogP contribution in [0.25, 0.3) is 0 Å². The number of hydrogen-bond acceptors (Lipinski definition) is 2. The van der Waals surface area contributed by atoms with Gasteiger partial charge in [-0.3, -0.25) is 0 Å². The lowest BCUT2D eigenvalue weighted by molar-refractivity contribution is 0.578. The van der Waals surface area contributed by atoms with Crippen molar-refractivity contribution >= 4 is 26.0 Å². The summed E-state index contributed by atoms with van der Waals surface area (Å²) in [6.07, 6.45) is 1.81. The van der Waals surface area contributed by atoms with Gasteiger partial charge in [-0.05, 0) is 31.9 Å². The second-order valence-electron chi connectivity index (χ2n) is 3.61. The van der Waals surface area contributed by atoms with Crippen LogP contribution < -0.4 is 4.72 Å². The van der Waals surface area contributed by atoms with Gasteiger partial charge in [-0.25, -0.2) is 13.1 Å². The number of unbranched alkanes of at least 4 members (excludes halogenated alkanes) is 1. The zero-order valence-corrected chi connectivity index (χ0v) is 11.6. The van der Waals surface area contributed by atoms with Gasteiger partial charge in [-0.1, -0.05) is 33.6 Å². The van der Waals surface area contributed by atoms with Crippen molar-refractivity contribution in [3.63, 3.8) is 0 Å². The Kier molecular flexibility index (Phi) is 5.44. The molecule has 0 radical (unpaired) electrons. The number of benzene rings is 1. The van der Waals surface area contributed by atoms with Crippen molar-refractivity contribution in [2.24, 2.45) is 0 Å². The minimum atomic E-state index is -3.32. The molecule has 16 heavy (non-hydrogen) atoms. The quantitative estimate of drug-likeness (QED) is 0.648. The molecule has 3 nitrogen and oxygen atoms in total. The van der Waals surface area contributed by atoms with Crippen LogP contribution in [0.15, 0.2) is 29.2 Å². The van der Waals surface area contributed by atoms with E-state index >= 15 is 0 Å². The molecule has 5 heteroatoms. The maximum atomic E-state index is 11.8. The first-order valence-corrected chi connectivity index (χ1v) is 7.79. The summed E-state index contributed by atoms with van der Waals surface area (Å²) in [7, 11) is -3.32. The Morgan fingerprint density at radius 3 is 2.38 bits per heavy atom. The zero-order chi connectivity index (χ0) is 12.0. The second-order valence-corrected chi connectivity index (χ2v) is 6.17. The summed E-state index contributed by atoms with van der Waals surface area (Å²) >= 11 is 3.31. The first-order chi connectivity index (χ1) is 7.56. The highest BCUT2D eigenvalue weighted by Gasteiger charge is 2.11. The SMILES string of the molecule is Cc1ccc(S(=O)(=O)NCCCCBr)cc1. The zero-order valence-electron chi connectivity index (χ0n) is 9.24. The van der Waals surface area contributed by atoms with Gasteiger partial charge in [0.25, 0.3) is 0 Å². The molecule has 0 spiro atoms. The Balaban J connectivity index is 2.60. The van der Waals surface area contributed by atoms with Crippen LogP contribution in [0.4, 0.5) is 0 Å². The van der Waals surface area contributed by atoms with Crippen LogP contribution in [0.3, 0.4) is 0 Å². The van der Waals surface area contributed by atoms with Gasteiger partial charge in [0.1, 0.15) is 0 Å². The van der Waals surface area contributed by atoms with E-state index in [0.717, 1.165) is 23.7 Å². The molecule has 0 bridgehead atoms. The molecule has 1 N–H and O–H groups in total. The average molecular weight is 306 g/mol. The fraction of sp³-hybridized carbons (Fsp3) is 0.455. The number of halogens is 1. The molecule has 0 aliphatic heterocycles. The summed E-state index contributed by atoms with van der Waals surface area (Å²) in [5, 5.41) is 0.902. The van der Waals surface area contributed by atoms with Crippen molar-refractivity contribution in [2.45, 2.75) is 24.7 Å². The van der Waals surface area contributed by atoms with Gasteiger partial charge in [-0.2, -0.15) is 0 Å². The molecule has 0 aliphatic carbocycles. The molecule has 0 saturated heterocycles. The highest BCUT2D eigenvalue weighted by atomic mass is 79.9. The maximum Gasteiger partial charge on any atom is 0.240 e. The van der Waals surface area contributed by atoms with E-state index in [1.807, 2.05) is 6.92 Å². The Labute approximate surface area is 105 Å². The third-order valence-corrected chi connectivity index (χ3v) is 4.22. The number of alkyl halides is 1. The van der Waals surface area contributed by atoms with Crippen LogP contribution in [-0.4, -0.2) is 20.3 Å². The lowest BCUT2D eigenvalue weighted by Gasteiger charge is -2.06. The van der Waals surface area contributed by atoms with Crippen LogP contribution in [0.5, 0.6) is 0 Å². The van der Waals surface area contributed by atoms with E-state index in [4.69, 9.17) is 0 Å². The van der Waals surface area contributed by atoms with Crippen molar-refractivity contribution < 1.29 is 8.42 Å². The molecule has 0 heterocycles. The molecule has 90 valence electrons. The molecule has 0 unspecified atom stereocenters. The lowest BCUT2D eigenvalue weighted by Crippen LogP contribution is -2.24. The number of aryl methyl sites for hydroxylation is 1. The predicted molar refractivity (Wildman–Crippen MR) is 69.4 cm³/mol. The third-order valence-electron chi connectivity index (χ3n) is 2.18. The molecule has 0 aliphatic rings. The maximum absolute atomic E-state index is 11.8. The van der Waals surface area contributed by atoms with Gasteiger partial charge >= 0.3 is 0 Å². The van der Waals surface area contributed by atoms with Crippen LogP contribution in [0, 0.1) is 6.92 Å². The van der Waals surface area contributed by atoms with Gasteiger partial charge in [0.05, 0.1) is 4.90 Å². The predicted octanol–water partition coefficient (Wildman–Crippen LogP) is 2.45. The topological polar surface area (TPSA) is 46.2 Å². The van der Waals surface area contributed by atoms with Gasteiger partial charge in [-0.15, -0.1) is 0 Å². The third kappa shape index (κ3) is 4.23. The Bertz CT molecular complexity index is 414. The molecule has 1 aromatic rings. The van der Waals surface area contributed by atoms with Crippen molar-refractivity contribution in [1.82, 2.24) is 4.72 Å². The highest BCUT2D eigenvalue weighted by molar-refractivity contribution is 9.09. The smallest absolute Gasteiger partial charge is 0.211 e. The second kappa shape index (κ2) is 6.37. The van der Waals surface area contributed by atoms with Crippen LogP contribution in [0.1, 0.15) is 18.4 Å². The summed E-state index contributed by atoms with van der Waals surface area (Å²) < 4.78 is 26.1. The normalized spacial score (nSPS) is 11.6. The van der Waals surface area contributed by atoms with Crippen molar-refractivity contribution in [3.8, 4) is 0 Å². The first kappa shape index (κ1) is 13.7. The Morgan fingerprint density at radius 2 is 1.81 bits per heavy atom. The van der Waals surface area contributed by atoms with E-state index in [2.05, 4.69) is 20.7 Å². The number of rotatable bonds is 6. The molecule has 0 fully saturated rings. The largest absolute Gasteiger partial charge is 0.240 e. The summed E-state index contributed by atoms with van der Waals surface area (Å²) in [6, 6.07) is 6.85. The molecule has 0 saturated carbocycles. The van der Waals surface area contributed by atoms with Gasteiger partial charge in [0.15, 0.2) is 0 Å². The van der Waals surface area contributed by atoms with E-state index in [0.29, 0.717) is 11.4 Å². The lowest BCUT2D eigenvalue weighted by atomic mass is 10.2. The molecule has 0 aromatic heterocycles. The number of sulfonamides is 1. The highest BCUT2D eigenvalue weighted by Crippen LogP contribution is 2.09. The van der Waals surface area contributed by atoms with E-state index in [-0.39, 0.29) is 0 Å². The van der Waals surface area contributed by atoms with Crippen LogP contribution in [0.2, 0.25) is 0 Å². The number of hydrogen-bond donors (Lipinski definition) is 1. The van der Waals surface area contributed by atoms with Gasteiger partial charge < -0.3 is 0 Å². The Morgan fingerprint density at radius 1 is 1.19 bits per heavy atom. The van der Waals surface area contributed by atoms with Gasteiger partial charge in [0.2, 0.25) is 10.0 Å². The molecular formula is C11H16BrNO2S. The minimum Gasteiger partial charge on any atom is -0.211 e. The standard InChI is InChI=1S/C11H16BrNO2S/c1-10-4-6-11(7-5-10)16(14,15)13-9-3-2-8-12/h4-7,13H,2-3,8-9H2,1H3. The average Bonchev–Trinajstić information content (AvgIpc) is 2.25. The van der Waals surface area contributed by atoms with Crippen LogP contribution in [-0.2, 0) is 10.0 Å². The van der Waals surface area contributed by atoms with E-state index in [1.54, 1.807) is 24.3 Å². The summed E-state index contributed by atoms with van der Waals surface area (Å²) in [4.78, 5) is 0.331. The minimum absolute atomic E-state index is 0.331. The molecule has 0 atom stereocenters. The van der Waals surface area contributed by atoms with Crippen LogP contribution >= 0.6 is 15.9 Å². The first-order valence-electron chi connectivity index (χ1n) is 5.18. The van der Waals surface area contributed by atoms with E-state index in [1.165, 1.54) is 0 Å². The fourth-order valence-electron chi connectivity index (χ4n) is 1.23. The van der Waals surface area contributed by atoms with Crippen molar-refractivity contribution in [3.05, 3.63) is 29.8 Å². The summed E-state index contributed by atoms with van der Waals surface area (Å²) in [6.45, 7) is 2.42. The van der Waals surface area contributed by atoms with E-state index in [9.17, 15) is 8.42 Å². The Hall–Kier alpha value is -0.390.